The van der Waals surface area contributed by atoms with Gasteiger partial charge in [-0.05, 0) is 43.6 Å². The van der Waals surface area contributed by atoms with Gasteiger partial charge in [0, 0.05) is 0 Å². The van der Waals surface area contributed by atoms with Crippen LogP contribution in [0.2, 0.25) is 5.02 Å². The van der Waals surface area contributed by atoms with Crippen LogP contribution in [0.1, 0.15) is 26.5 Å². The summed E-state index contributed by atoms with van der Waals surface area (Å²) in [7, 11) is 0. The Labute approximate surface area is 86.0 Å². The Kier molecular flexibility index (Phi) is 2.55. The molecule has 0 aromatic carbocycles. The van der Waals surface area contributed by atoms with Crippen molar-refractivity contribution in [1.29, 1.82) is 0 Å². The molecule has 0 fully saturated rings. The number of halogens is 2. The minimum Gasteiger partial charge on any atom is -0.251 e. The first-order valence-corrected chi connectivity index (χ1v) is 4.92. The van der Waals surface area contributed by atoms with E-state index in [0.29, 0.717) is 5.02 Å². The van der Waals surface area contributed by atoms with Crippen LogP contribution in [-0.2, 0) is 5.54 Å². The van der Waals surface area contributed by atoms with Gasteiger partial charge >= 0.3 is 0 Å². The third kappa shape index (κ3) is 1.67. The lowest BCUT2D eigenvalue weighted by atomic mass is 10.1. The Bertz CT molecular complexity index is 299. The van der Waals surface area contributed by atoms with Gasteiger partial charge in [0.2, 0.25) is 0 Å². The van der Waals surface area contributed by atoms with Crippen LogP contribution in [0, 0.1) is 6.92 Å². The Morgan fingerprint density at radius 3 is 2.08 bits per heavy atom. The van der Waals surface area contributed by atoms with E-state index in [1.165, 1.54) is 0 Å². The molecule has 0 atom stereocenters. The summed E-state index contributed by atoms with van der Waals surface area (Å²) in [6.07, 6.45) is 0. The van der Waals surface area contributed by atoms with E-state index in [-0.39, 0.29) is 5.54 Å². The topological polar surface area (TPSA) is 17.8 Å². The van der Waals surface area contributed by atoms with Crippen molar-refractivity contribution in [1.82, 2.24) is 9.78 Å². The fourth-order valence-corrected chi connectivity index (χ4v) is 1.94. The summed E-state index contributed by atoms with van der Waals surface area (Å²) in [6.45, 7) is 8.15. The molecule has 1 rings (SSSR count). The van der Waals surface area contributed by atoms with E-state index in [4.69, 9.17) is 11.6 Å². The maximum atomic E-state index is 5.97. The van der Waals surface area contributed by atoms with Crippen molar-refractivity contribution in [2.75, 3.05) is 0 Å². The Hall–Kier alpha value is -0.0200. The lowest BCUT2D eigenvalue weighted by Crippen LogP contribution is -2.23. The molecule has 4 heteroatoms. The normalized spacial score (nSPS) is 12.2. The van der Waals surface area contributed by atoms with Crippen LogP contribution in [0.5, 0.6) is 0 Å². The van der Waals surface area contributed by atoms with Gasteiger partial charge in [-0.2, -0.15) is 5.10 Å². The van der Waals surface area contributed by atoms with Crippen LogP contribution in [-0.4, -0.2) is 9.78 Å². The van der Waals surface area contributed by atoms with Gasteiger partial charge in [-0.15, -0.1) is 0 Å². The molecular weight excluding hydrogens is 239 g/mol. The van der Waals surface area contributed by atoms with Gasteiger partial charge in [0.25, 0.3) is 0 Å². The van der Waals surface area contributed by atoms with E-state index in [9.17, 15) is 0 Å². The third-order valence-electron chi connectivity index (χ3n) is 1.57. The van der Waals surface area contributed by atoms with Gasteiger partial charge in [0.05, 0.1) is 16.3 Å². The predicted octanol–water partition coefficient (Wildman–Crippen LogP) is 3.36. The van der Waals surface area contributed by atoms with Crippen molar-refractivity contribution in [2.24, 2.45) is 0 Å². The van der Waals surface area contributed by atoms with E-state index in [1.54, 1.807) is 0 Å². The SMILES string of the molecule is Cc1nn(C(C)(C)C)c(Br)c1Cl. The summed E-state index contributed by atoms with van der Waals surface area (Å²) in [5.41, 5.74) is 0.829. The highest BCUT2D eigenvalue weighted by atomic mass is 79.9. The molecule has 12 heavy (non-hydrogen) atoms. The molecule has 0 saturated heterocycles. The largest absolute Gasteiger partial charge is 0.251 e. The molecule has 2 nitrogen and oxygen atoms in total. The van der Waals surface area contributed by atoms with Crippen molar-refractivity contribution in [3.63, 3.8) is 0 Å². The van der Waals surface area contributed by atoms with Gasteiger partial charge in [-0.3, -0.25) is 4.68 Å². The molecule has 0 spiro atoms. The Morgan fingerprint density at radius 1 is 1.42 bits per heavy atom. The lowest BCUT2D eigenvalue weighted by Gasteiger charge is -2.20. The molecule has 0 aliphatic rings. The van der Waals surface area contributed by atoms with Crippen molar-refractivity contribution < 1.29 is 0 Å². The van der Waals surface area contributed by atoms with Crippen LogP contribution < -0.4 is 0 Å². The summed E-state index contributed by atoms with van der Waals surface area (Å²) in [4.78, 5) is 0. The van der Waals surface area contributed by atoms with Crippen LogP contribution >= 0.6 is 27.5 Å². The number of hydrogen-bond acceptors (Lipinski definition) is 1. The average Bonchev–Trinajstić information content (AvgIpc) is 2.15. The van der Waals surface area contributed by atoms with E-state index in [1.807, 2.05) is 11.6 Å². The molecule has 0 bridgehead atoms. The smallest absolute Gasteiger partial charge is 0.123 e. The van der Waals surface area contributed by atoms with Crippen molar-refractivity contribution in [2.45, 2.75) is 33.2 Å². The fourth-order valence-electron chi connectivity index (χ4n) is 0.925. The molecule has 0 aliphatic carbocycles. The maximum absolute atomic E-state index is 5.97. The van der Waals surface area contributed by atoms with E-state index in [0.717, 1.165) is 10.3 Å². The molecule has 1 aromatic heterocycles. The van der Waals surface area contributed by atoms with Gasteiger partial charge < -0.3 is 0 Å². The molecule has 0 saturated carbocycles. The van der Waals surface area contributed by atoms with Gasteiger partial charge in [0.1, 0.15) is 4.60 Å². The zero-order valence-corrected chi connectivity index (χ0v) is 9.99. The fraction of sp³-hybridized carbons (Fsp3) is 0.625. The second-order valence-electron chi connectivity index (χ2n) is 3.77. The molecule has 1 aromatic rings. The van der Waals surface area contributed by atoms with Gasteiger partial charge in [0.15, 0.2) is 0 Å². The minimum atomic E-state index is -0.0310. The number of hydrogen-bond donors (Lipinski definition) is 0. The summed E-state index contributed by atoms with van der Waals surface area (Å²) in [6, 6.07) is 0. The molecule has 0 N–H and O–H groups in total. The zero-order chi connectivity index (χ0) is 9.52. The second-order valence-corrected chi connectivity index (χ2v) is 4.90. The molecule has 0 aliphatic heterocycles. The maximum Gasteiger partial charge on any atom is 0.123 e. The van der Waals surface area contributed by atoms with E-state index < -0.39 is 0 Å². The highest BCUT2D eigenvalue weighted by Gasteiger charge is 2.20. The monoisotopic (exact) mass is 250 g/mol. The van der Waals surface area contributed by atoms with Crippen molar-refractivity contribution >= 4 is 27.5 Å². The zero-order valence-electron chi connectivity index (χ0n) is 7.65. The number of nitrogens with zero attached hydrogens (tertiary/aromatic N) is 2. The number of rotatable bonds is 0. The first kappa shape index (κ1) is 10.1. The molecule has 0 amide bonds. The third-order valence-corrected chi connectivity index (χ3v) is 2.98. The summed E-state index contributed by atoms with van der Waals surface area (Å²) < 4.78 is 2.74. The minimum absolute atomic E-state index is 0.0310. The summed E-state index contributed by atoms with van der Waals surface area (Å²) >= 11 is 9.38. The van der Waals surface area contributed by atoms with Crippen molar-refractivity contribution in [3.05, 3.63) is 15.3 Å². The van der Waals surface area contributed by atoms with Crippen LogP contribution in [0.15, 0.2) is 4.60 Å². The molecule has 1 heterocycles. The number of aryl methyl sites for hydroxylation is 1. The van der Waals surface area contributed by atoms with E-state index >= 15 is 0 Å². The Morgan fingerprint density at radius 2 is 1.92 bits per heavy atom. The Balaban J connectivity index is 3.28. The van der Waals surface area contributed by atoms with Gasteiger partial charge in [-0.1, -0.05) is 11.6 Å². The standard InChI is InChI=1S/C8H12BrClN2/c1-5-6(10)7(9)12(11-5)8(2,3)4/h1-4H3. The van der Waals surface area contributed by atoms with Crippen molar-refractivity contribution in [3.8, 4) is 0 Å². The molecular formula is C8H12BrClN2. The average molecular weight is 252 g/mol. The lowest BCUT2D eigenvalue weighted by molar-refractivity contribution is 0.347. The van der Waals surface area contributed by atoms with Crippen LogP contribution in [0.3, 0.4) is 0 Å². The van der Waals surface area contributed by atoms with Crippen LogP contribution in [0.25, 0.3) is 0 Å². The molecule has 0 unspecified atom stereocenters. The highest BCUT2D eigenvalue weighted by Crippen LogP contribution is 2.29. The summed E-state index contributed by atoms with van der Waals surface area (Å²) in [5.74, 6) is 0. The van der Waals surface area contributed by atoms with Crippen LogP contribution in [0.4, 0.5) is 0 Å². The predicted molar refractivity (Wildman–Crippen MR) is 54.7 cm³/mol. The van der Waals surface area contributed by atoms with Gasteiger partial charge in [-0.25, -0.2) is 0 Å². The van der Waals surface area contributed by atoms with E-state index in [2.05, 4.69) is 41.8 Å². The summed E-state index contributed by atoms with van der Waals surface area (Å²) in [5, 5.41) is 5.02. The first-order valence-electron chi connectivity index (χ1n) is 3.75. The first-order chi connectivity index (χ1) is 5.34. The quantitative estimate of drug-likeness (QED) is 0.691. The highest BCUT2D eigenvalue weighted by molar-refractivity contribution is 9.10. The second kappa shape index (κ2) is 3.04. The molecule has 0 radical (unpaired) electrons. The number of aromatic nitrogens is 2. The molecule has 68 valence electrons.